The minimum atomic E-state index is 0.227. The fraction of sp³-hybridized carbons (Fsp3) is 0.571. The molecule has 0 aliphatic heterocycles. The van der Waals surface area contributed by atoms with Gasteiger partial charge < -0.3 is 14.8 Å². The standard InChI is InChI=1S/C14H23NO2S/c1-9-10(2)14(17-5)11(8-13(9)16-4)12(15-3)6-7-18/h8,12,15,18H,6-7H2,1-5H3. The van der Waals surface area contributed by atoms with Gasteiger partial charge in [-0.2, -0.15) is 12.6 Å². The molecule has 1 atom stereocenters. The first kappa shape index (κ1) is 15.2. The Morgan fingerprint density at radius 3 is 2.33 bits per heavy atom. The molecule has 1 unspecified atom stereocenters. The summed E-state index contributed by atoms with van der Waals surface area (Å²) in [5.74, 6) is 2.67. The molecule has 3 nitrogen and oxygen atoms in total. The van der Waals surface area contributed by atoms with Crippen molar-refractivity contribution in [3.8, 4) is 11.5 Å². The average Bonchev–Trinajstić information content (AvgIpc) is 2.39. The second kappa shape index (κ2) is 6.90. The topological polar surface area (TPSA) is 30.5 Å². The predicted octanol–water partition coefficient (Wildman–Crippen LogP) is 2.90. The summed E-state index contributed by atoms with van der Waals surface area (Å²) < 4.78 is 11.0. The number of hydrogen-bond acceptors (Lipinski definition) is 4. The van der Waals surface area contributed by atoms with E-state index in [2.05, 4.69) is 30.9 Å². The molecule has 0 saturated carbocycles. The summed E-state index contributed by atoms with van der Waals surface area (Å²) in [4.78, 5) is 0. The highest BCUT2D eigenvalue weighted by Gasteiger charge is 2.19. The van der Waals surface area contributed by atoms with Gasteiger partial charge >= 0.3 is 0 Å². The molecule has 0 amide bonds. The van der Waals surface area contributed by atoms with Crippen molar-refractivity contribution in [2.45, 2.75) is 26.3 Å². The van der Waals surface area contributed by atoms with Crippen molar-refractivity contribution in [1.29, 1.82) is 0 Å². The van der Waals surface area contributed by atoms with Gasteiger partial charge in [0.1, 0.15) is 11.5 Å². The van der Waals surface area contributed by atoms with E-state index in [1.165, 1.54) is 0 Å². The lowest BCUT2D eigenvalue weighted by Gasteiger charge is -2.22. The molecule has 0 aliphatic rings. The van der Waals surface area contributed by atoms with Gasteiger partial charge in [-0.25, -0.2) is 0 Å². The molecule has 18 heavy (non-hydrogen) atoms. The van der Waals surface area contributed by atoms with Crippen molar-refractivity contribution in [2.75, 3.05) is 27.0 Å². The molecule has 1 aromatic carbocycles. The Morgan fingerprint density at radius 1 is 1.22 bits per heavy atom. The van der Waals surface area contributed by atoms with E-state index in [1.807, 2.05) is 14.0 Å². The lowest BCUT2D eigenvalue weighted by molar-refractivity contribution is 0.386. The van der Waals surface area contributed by atoms with E-state index in [0.717, 1.165) is 40.4 Å². The van der Waals surface area contributed by atoms with Crippen molar-refractivity contribution in [3.05, 3.63) is 22.8 Å². The van der Waals surface area contributed by atoms with E-state index in [0.29, 0.717) is 0 Å². The third kappa shape index (κ3) is 2.93. The molecule has 0 fully saturated rings. The van der Waals surface area contributed by atoms with Crippen LogP contribution in [-0.2, 0) is 0 Å². The highest BCUT2D eigenvalue weighted by molar-refractivity contribution is 7.80. The third-order valence-corrected chi connectivity index (χ3v) is 3.65. The number of hydrogen-bond donors (Lipinski definition) is 2. The van der Waals surface area contributed by atoms with Gasteiger partial charge in [0, 0.05) is 11.6 Å². The predicted molar refractivity (Wildman–Crippen MR) is 79.3 cm³/mol. The Bertz CT molecular complexity index is 407. The van der Waals surface area contributed by atoms with Crippen LogP contribution in [0.2, 0.25) is 0 Å². The summed E-state index contributed by atoms with van der Waals surface area (Å²) in [6.45, 7) is 4.11. The van der Waals surface area contributed by atoms with Crippen LogP contribution >= 0.6 is 12.6 Å². The van der Waals surface area contributed by atoms with Crippen LogP contribution in [0.5, 0.6) is 11.5 Å². The first-order valence-electron chi connectivity index (χ1n) is 6.10. The Balaban J connectivity index is 3.35. The molecule has 0 saturated heterocycles. The Hall–Kier alpha value is -0.870. The van der Waals surface area contributed by atoms with Crippen molar-refractivity contribution in [3.63, 3.8) is 0 Å². The van der Waals surface area contributed by atoms with E-state index < -0.39 is 0 Å². The zero-order valence-corrected chi connectivity index (χ0v) is 12.7. The van der Waals surface area contributed by atoms with Gasteiger partial charge in [0.25, 0.3) is 0 Å². The molecule has 102 valence electrons. The van der Waals surface area contributed by atoms with Gasteiger partial charge in [-0.3, -0.25) is 0 Å². The van der Waals surface area contributed by atoms with Gasteiger partial charge in [-0.15, -0.1) is 0 Å². The van der Waals surface area contributed by atoms with Crippen LogP contribution in [0, 0.1) is 13.8 Å². The SMILES string of the molecule is CNC(CCS)c1cc(OC)c(C)c(C)c1OC. The monoisotopic (exact) mass is 269 g/mol. The van der Waals surface area contributed by atoms with Crippen LogP contribution in [-0.4, -0.2) is 27.0 Å². The largest absolute Gasteiger partial charge is 0.496 e. The van der Waals surface area contributed by atoms with Crippen LogP contribution in [0.25, 0.3) is 0 Å². The van der Waals surface area contributed by atoms with Gasteiger partial charge in [-0.05, 0) is 50.3 Å². The van der Waals surface area contributed by atoms with E-state index in [9.17, 15) is 0 Å². The van der Waals surface area contributed by atoms with E-state index >= 15 is 0 Å². The number of thiol groups is 1. The molecule has 0 radical (unpaired) electrons. The number of methoxy groups -OCH3 is 2. The molecule has 1 aromatic rings. The van der Waals surface area contributed by atoms with Gasteiger partial charge in [0.05, 0.1) is 14.2 Å². The van der Waals surface area contributed by atoms with Crippen LogP contribution in [0.3, 0.4) is 0 Å². The molecule has 1 rings (SSSR count). The fourth-order valence-electron chi connectivity index (χ4n) is 2.21. The van der Waals surface area contributed by atoms with Crippen molar-refractivity contribution >= 4 is 12.6 Å². The van der Waals surface area contributed by atoms with Crippen LogP contribution in [0.15, 0.2) is 6.07 Å². The van der Waals surface area contributed by atoms with Crippen molar-refractivity contribution in [2.24, 2.45) is 0 Å². The Kier molecular flexibility index (Phi) is 5.82. The van der Waals surface area contributed by atoms with Crippen LogP contribution < -0.4 is 14.8 Å². The molecular weight excluding hydrogens is 246 g/mol. The van der Waals surface area contributed by atoms with E-state index in [1.54, 1.807) is 14.2 Å². The summed E-state index contributed by atoms with van der Waals surface area (Å²) in [6.07, 6.45) is 0.946. The van der Waals surface area contributed by atoms with Crippen LogP contribution in [0.4, 0.5) is 0 Å². The lowest BCUT2D eigenvalue weighted by atomic mass is 9.96. The first-order chi connectivity index (χ1) is 8.60. The summed E-state index contributed by atoms with van der Waals surface area (Å²) in [5.41, 5.74) is 3.39. The maximum atomic E-state index is 5.57. The molecule has 0 bridgehead atoms. The minimum Gasteiger partial charge on any atom is -0.496 e. The molecular formula is C14H23NO2S. The Labute approximate surface area is 115 Å². The number of nitrogens with one attached hydrogen (secondary N) is 1. The third-order valence-electron chi connectivity index (χ3n) is 3.39. The second-order valence-electron chi connectivity index (χ2n) is 4.30. The highest BCUT2D eigenvalue weighted by Crippen LogP contribution is 2.37. The van der Waals surface area contributed by atoms with E-state index in [4.69, 9.17) is 9.47 Å². The van der Waals surface area contributed by atoms with Gasteiger partial charge in [0.2, 0.25) is 0 Å². The summed E-state index contributed by atoms with van der Waals surface area (Å²) >= 11 is 4.31. The molecule has 4 heteroatoms. The van der Waals surface area contributed by atoms with Crippen LogP contribution in [0.1, 0.15) is 29.2 Å². The fourth-order valence-corrected chi connectivity index (χ4v) is 2.47. The number of ether oxygens (including phenoxy) is 2. The first-order valence-corrected chi connectivity index (χ1v) is 6.74. The summed E-state index contributed by atoms with van der Waals surface area (Å²) in [5, 5.41) is 3.31. The highest BCUT2D eigenvalue weighted by atomic mass is 32.1. The average molecular weight is 269 g/mol. The summed E-state index contributed by atoms with van der Waals surface area (Å²) in [7, 11) is 5.37. The lowest BCUT2D eigenvalue weighted by Crippen LogP contribution is -2.18. The van der Waals surface area contributed by atoms with E-state index in [-0.39, 0.29) is 6.04 Å². The minimum absolute atomic E-state index is 0.227. The zero-order valence-electron chi connectivity index (χ0n) is 11.8. The van der Waals surface area contributed by atoms with Crippen molar-refractivity contribution in [1.82, 2.24) is 5.32 Å². The molecule has 1 N–H and O–H groups in total. The maximum Gasteiger partial charge on any atom is 0.127 e. The van der Waals surface area contributed by atoms with Gasteiger partial charge in [-0.1, -0.05) is 0 Å². The van der Waals surface area contributed by atoms with Crippen molar-refractivity contribution < 1.29 is 9.47 Å². The normalized spacial score (nSPS) is 12.3. The molecule has 0 aromatic heterocycles. The number of benzene rings is 1. The quantitative estimate of drug-likeness (QED) is 0.779. The summed E-state index contributed by atoms with van der Waals surface area (Å²) in [6, 6.07) is 2.29. The number of rotatable bonds is 6. The maximum absolute atomic E-state index is 5.57. The van der Waals surface area contributed by atoms with Gasteiger partial charge in [0.15, 0.2) is 0 Å². The molecule has 0 spiro atoms. The smallest absolute Gasteiger partial charge is 0.127 e. The Morgan fingerprint density at radius 2 is 1.89 bits per heavy atom. The zero-order chi connectivity index (χ0) is 13.7. The molecule has 0 heterocycles. The second-order valence-corrected chi connectivity index (χ2v) is 4.75. The molecule has 0 aliphatic carbocycles.